The quantitative estimate of drug-likeness (QED) is 0.249. The van der Waals surface area contributed by atoms with Gasteiger partial charge in [-0.25, -0.2) is 14.5 Å². The Labute approximate surface area is 190 Å². The number of benzene rings is 2. The number of Topliss-reactive ketones (excluding diaryl/α,β-unsaturated/α-hetero) is 1. The molecule has 0 radical (unpaired) electrons. The number of thioether (sulfide) groups is 1. The molecule has 0 saturated heterocycles. The van der Waals surface area contributed by atoms with Crippen LogP contribution in [-0.2, 0) is 12.8 Å². The molecule has 0 aliphatic heterocycles. The van der Waals surface area contributed by atoms with Crippen LogP contribution in [0.15, 0.2) is 70.7 Å². The molecule has 1 aliphatic carbocycles. The maximum atomic E-state index is 13.4. The van der Waals surface area contributed by atoms with Crippen molar-refractivity contribution in [2.24, 2.45) is 0 Å². The summed E-state index contributed by atoms with van der Waals surface area (Å²) in [5.41, 5.74) is 4.63. The molecule has 0 amide bonds. The van der Waals surface area contributed by atoms with Crippen LogP contribution in [0.2, 0.25) is 0 Å². The summed E-state index contributed by atoms with van der Waals surface area (Å²) in [7, 11) is 0. The van der Waals surface area contributed by atoms with Crippen LogP contribution < -0.4 is 5.56 Å². The van der Waals surface area contributed by atoms with Gasteiger partial charge in [-0.05, 0) is 74.1 Å². The summed E-state index contributed by atoms with van der Waals surface area (Å²) in [6.45, 7) is 3.79. The number of aryl methyl sites for hydroxylation is 3. The molecule has 32 heavy (non-hydrogen) atoms. The van der Waals surface area contributed by atoms with Crippen molar-refractivity contribution in [1.82, 2.24) is 14.5 Å². The van der Waals surface area contributed by atoms with Crippen molar-refractivity contribution in [3.8, 4) is 5.82 Å². The maximum absolute atomic E-state index is 13.4. The smallest absolute Gasteiger partial charge is 0.267 e. The van der Waals surface area contributed by atoms with Crippen LogP contribution in [-0.4, -0.2) is 25.6 Å². The number of para-hydroxylation sites is 1. The van der Waals surface area contributed by atoms with Gasteiger partial charge in [0.25, 0.3) is 5.56 Å². The Kier molecular flexibility index (Phi) is 5.39. The van der Waals surface area contributed by atoms with E-state index in [2.05, 4.69) is 11.1 Å². The molecule has 0 spiro atoms. The zero-order chi connectivity index (χ0) is 22.2. The number of aromatic nitrogens is 3. The van der Waals surface area contributed by atoms with Crippen molar-refractivity contribution in [2.45, 2.75) is 43.5 Å². The summed E-state index contributed by atoms with van der Waals surface area (Å²) < 4.78 is 1.54. The van der Waals surface area contributed by atoms with Gasteiger partial charge >= 0.3 is 0 Å². The van der Waals surface area contributed by atoms with E-state index in [4.69, 9.17) is 4.98 Å². The fourth-order valence-electron chi connectivity index (χ4n) is 4.26. The topological polar surface area (TPSA) is 64.8 Å². The lowest BCUT2D eigenvalue weighted by molar-refractivity contribution is 0.0993. The summed E-state index contributed by atoms with van der Waals surface area (Å²) in [5, 5.41) is 0.592. The highest BCUT2D eigenvalue weighted by atomic mass is 32.2. The van der Waals surface area contributed by atoms with E-state index in [1.807, 2.05) is 56.3 Å². The monoisotopic (exact) mass is 441 g/mol. The van der Waals surface area contributed by atoms with E-state index in [1.54, 1.807) is 12.3 Å². The van der Waals surface area contributed by atoms with E-state index in [1.165, 1.54) is 27.5 Å². The first-order valence-electron chi connectivity index (χ1n) is 10.8. The van der Waals surface area contributed by atoms with Crippen molar-refractivity contribution in [3.05, 3.63) is 93.4 Å². The molecular formula is C26H23N3O2S. The Balaban J connectivity index is 1.57. The van der Waals surface area contributed by atoms with Gasteiger partial charge in [0.05, 0.1) is 16.2 Å². The molecule has 1 atom stereocenters. The lowest BCUT2D eigenvalue weighted by Crippen LogP contribution is -2.25. The normalized spacial score (nSPS) is 13.8. The maximum Gasteiger partial charge on any atom is 0.267 e. The van der Waals surface area contributed by atoms with E-state index < -0.39 is 5.25 Å². The molecule has 2 aromatic carbocycles. The van der Waals surface area contributed by atoms with Gasteiger partial charge in [-0.2, -0.15) is 0 Å². The Morgan fingerprint density at radius 1 is 1.06 bits per heavy atom. The van der Waals surface area contributed by atoms with Crippen molar-refractivity contribution in [1.29, 1.82) is 0 Å². The van der Waals surface area contributed by atoms with Gasteiger partial charge in [0, 0.05) is 11.8 Å². The van der Waals surface area contributed by atoms with E-state index in [9.17, 15) is 9.59 Å². The van der Waals surface area contributed by atoms with Crippen LogP contribution in [0.1, 0.15) is 40.4 Å². The lowest BCUT2D eigenvalue weighted by Gasteiger charge is -2.17. The molecule has 160 valence electrons. The van der Waals surface area contributed by atoms with Crippen LogP contribution in [0.3, 0.4) is 0 Å². The Morgan fingerprint density at radius 3 is 2.72 bits per heavy atom. The molecule has 0 N–H and O–H groups in total. The zero-order valence-electron chi connectivity index (χ0n) is 18.0. The predicted octanol–water partition coefficient (Wildman–Crippen LogP) is 4.94. The van der Waals surface area contributed by atoms with Gasteiger partial charge in [-0.15, -0.1) is 0 Å². The van der Waals surface area contributed by atoms with Gasteiger partial charge < -0.3 is 0 Å². The fraction of sp³-hybridized carbons (Fsp3) is 0.231. The highest BCUT2D eigenvalue weighted by molar-refractivity contribution is 8.00. The molecular weight excluding hydrogens is 418 g/mol. The number of fused-ring (bicyclic) bond motifs is 2. The highest BCUT2D eigenvalue weighted by Crippen LogP contribution is 2.29. The molecule has 2 heterocycles. The third kappa shape index (κ3) is 3.65. The van der Waals surface area contributed by atoms with Crippen LogP contribution >= 0.6 is 11.8 Å². The molecule has 5 rings (SSSR count). The highest BCUT2D eigenvalue weighted by Gasteiger charge is 2.23. The third-order valence-corrected chi connectivity index (χ3v) is 7.03. The molecule has 1 unspecified atom stereocenters. The molecule has 0 bridgehead atoms. The first-order valence-corrected chi connectivity index (χ1v) is 11.7. The van der Waals surface area contributed by atoms with E-state index >= 15 is 0 Å². The summed E-state index contributed by atoms with van der Waals surface area (Å²) >= 11 is 1.30. The molecule has 6 heteroatoms. The standard InChI is InChI=1S/C26H23N3O2S/c1-16-7-6-14-27-24(16)29-25(31)21-10-3-4-11-22(21)28-26(29)32-17(2)23(30)20-13-12-18-8-5-9-19(18)15-20/h3-4,6-7,10-15,17H,5,8-9H2,1-2H3. The van der Waals surface area contributed by atoms with Crippen molar-refractivity contribution in [2.75, 3.05) is 0 Å². The SMILES string of the molecule is Cc1cccnc1-n1c(SC(C)C(=O)c2ccc3c(c2)CCC3)nc2ccccc2c1=O. The molecule has 5 nitrogen and oxygen atoms in total. The summed E-state index contributed by atoms with van der Waals surface area (Å²) in [6, 6.07) is 17.1. The van der Waals surface area contributed by atoms with Crippen LogP contribution in [0.25, 0.3) is 16.7 Å². The number of ketones is 1. The lowest BCUT2D eigenvalue weighted by atomic mass is 10.0. The van der Waals surface area contributed by atoms with Crippen molar-refractivity contribution >= 4 is 28.4 Å². The Bertz CT molecular complexity index is 1410. The van der Waals surface area contributed by atoms with E-state index in [0.29, 0.717) is 27.4 Å². The number of carbonyl (C=O) groups excluding carboxylic acids is 1. The van der Waals surface area contributed by atoms with Crippen molar-refractivity contribution in [3.63, 3.8) is 0 Å². The number of pyridine rings is 1. The second-order valence-corrected chi connectivity index (χ2v) is 9.47. The van der Waals surface area contributed by atoms with E-state index in [-0.39, 0.29) is 11.3 Å². The summed E-state index contributed by atoms with van der Waals surface area (Å²) in [4.78, 5) is 35.9. The van der Waals surface area contributed by atoms with Crippen LogP contribution in [0, 0.1) is 6.92 Å². The largest absolute Gasteiger partial charge is 0.293 e. The van der Waals surface area contributed by atoms with Gasteiger partial charge in [0.2, 0.25) is 0 Å². The van der Waals surface area contributed by atoms with Gasteiger partial charge in [0.1, 0.15) is 5.82 Å². The van der Waals surface area contributed by atoms with Crippen LogP contribution in [0.5, 0.6) is 0 Å². The minimum absolute atomic E-state index is 0.0383. The predicted molar refractivity (Wildman–Crippen MR) is 128 cm³/mol. The van der Waals surface area contributed by atoms with Gasteiger partial charge in [-0.3, -0.25) is 9.59 Å². The molecule has 1 aliphatic rings. The number of hydrogen-bond acceptors (Lipinski definition) is 5. The number of nitrogens with zero attached hydrogens (tertiary/aromatic N) is 3. The number of rotatable bonds is 5. The summed E-state index contributed by atoms with van der Waals surface area (Å²) in [6.07, 6.45) is 4.93. The molecule has 4 aromatic rings. The molecule has 2 aromatic heterocycles. The second-order valence-electron chi connectivity index (χ2n) is 8.16. The minimum atomic E-state index is -0.405. The number of carbonyl (C=O) groups is 1. The van der Waals surface area contributed by atoms with Gasteiger partial charge in [-0.1, -0.05) is 42.1 Å². The average Bonchev–Trinajstić information content (AvgIpc) is 3.27. The van der Waals surface area contributed by atoms with E-state index in [0.717, 1.165) is 24.8 Å². The van der Waals surface area contributed by atoms with Gasteiger partial charge in [0.15, 0.2) is 10.9 Å². The Hall–Kier alpha value is -3.25. The third-order valence-electron chi connectivity index (χ3n) is 5.97. The first-order chi connectivity index (χ1) is 15.5. The summed E-state index contributed by atoms with van der Waals surface area (Å²) in [5.74, 6) is 0.576. The molecule has 0 saturated carbocycles. The first kappa shape index (κ1) is 20.6. The zero-order valence-corrected chi connectivity index (χ0v) is 18.9. The molecule has 0 fully saturated rings. The second kappa shape index (κ2) is 8.36. The number of hydrogen-bond donors (Lipinski definition) is 0. The van der Waals surface area contributed by atoms with Crippen LogP contribution in [0.4, 0.5) is 0 Å². The minimum Gasteiger partial charge on any atom is -0.293 e. The average molecular weight is 442 g/mol. The van der Waals surface area contributed by atoms with Crippen molar-refractivity contribution < 1.29 is 4.79 Å². The fourth-order valence-corrected chi connectivity index (χ4v) is 5.25. The Morgan fingerprint density at radius 2 is 1.88 bits per heavy atom.